The number of aromatic nitrogens is 2. The topological polar surface area (TPSA) is 47.0 Å². The van der Waals surface area contributed by atoms with Crippen LogP contribution in [0.15, 0.2) is 34.9 Å². The number of anilines is 1. The summed E-state index contributed by atoms with van der Waals surface area (Å²) in [6, 6.07) is 5.08. The van der Waals surface area contributed by atoms with E-state index in [2.05, 4.69) is 31.2 Å². The number of rotatable bonds is 4. The smallest absolute Gasteiger partial charge is 0.416 e. The van der Waals surface area contributed by atoms with E-state index in [0.29, 0.717) is 15.9 Å². The van der Waals surface area contributed by atoms with Crippen molar-refractivity contribution >= 4 is 21.9 Å². The molecule has 0 unspecified atom stereocenters. The lowest BCUT2D eigenvalue weighted by Gasteiger charge is -2.10. The third-order valence-electron chi connectivity index (χ3n) is 2.61. The van der Waals surface area contributed by atoms with Gasteiger partial charge in [-0.05, 0) is 33.6 Å². The molecule has 0 aliphatic heterocycles. The van der Waals surface area contributed by atoms with Crippen LogP contribution in [-0.4, -0.2) is 17.1 Å². The first-order chi connectivity index (χ1) is 9.90. The SMILES string of the molecule is COc1nc(NCc2cccc(C(F)(F)F)c2)ncc1Br. The highest BCUT2D eigenvalue weighted by Crippen LogP contribution is 2.29. The Balaban J connectivity index is 2.10. The zero-order valence-corrected chi connectivity index (χ0v) is 12.5. The van der Waals surface area contributed by atoms with E-state index in [9.17, 15) is 13.2 Å². The maximum absolute atomic E-state index is 12.6. The molecule has 0 spiro atoms. The average molecular weight is 362 g/mol. The quantitative estimate of drug-likeness (QED) is 0.897. The average Bonchev–Trinajstić information content (AvgIpc) is 2.46. The number of nitrogens with zero attached hydrogens (tertiary/aromatic N) is 2. The van der Waals surface area contributed by atoms with E-state index < -0.39 is 11.7 Å². The molecule has 0 saturated heterocycles. The van der Waals surface area contributed by atoms with Crippen LogP contribution in [0, 0.1) is 0 Å². The van der Waals surface area contributed by atoms with Crippen LogP contribution in [0.1, 0.15) is 11.1 Å². The van der Waals surface area contributed by atoms with Crippen molar-refractivity contribution in [2.24, 2.45) is 0 Å². The van der Waals surface area contributed by atoms with E-state index >= 15 is 0 Å². The minimum atomic E-state index is -4.35. The summed E-state index contributed by atoms with van der Waals surface area (Å²) >= 11 is 3.22. The zero-order valence-electron chi connectivity index (χ0n) is 10.9. The Morgan fingerprint density at radius 2 is 2.10 bits per heavy atom. The molecule has 4 nitrogen and oxygen atoms in total. The van der Waals surface area contributed by atoms with Crippen molar-refractivity contribution in [3.63, 3.8) is 0 Å². The second-order valence-electron chi connectivity index (χ2n) is 4.10. The molecular weight excluding hydrogens is 351 g/mol. The molecule has 0 aliphatic carbocycles. The molecule has 0 saturated carbocycles. The van der Waals surface area contributed by atoms with E-state index in [1.807, 2.05) is 0 Å². The molecule has 0 radical (unpaired) electrons. The summed E-state index contributed by atoms with van der Waals surface area (Å²) in [6.07, 6.45) is -2.85. The van der Waals surface area contributed by atoms with Gasteiger partial charge in [-0.1, -0.05) is 12.1 Å². The van der Waals surface area contributed by atoms with Crippen molar-refractivity contribution in [1.82, 2.24) is 9.97 Å². The van der Waals surface area contributed by atoms with Gasteiger partial charge < -0.3 is 10.1 Å². The normalized spacial score (nSPS) is 11.3. The highest BCUT2D eigenvalue weighted by atomic mass is 79.9. The molecule has 2 aromatic rings. The first-order valence-electron chi connectivity index (χ1n) is 5.86. The summed E-state index contributed by atoms with van der Waals surface area (Å²) in [5.41, 5.74) is -0.202. The Morgan fingerprint density at radius 1 is 1.33 bits per heavy atom. The van der Waals surface area contributed by atoms with Crippen LogP contribution in [0.4, 0.5) is 19.1 Å². The highest BCUT2D eigenvalue weighted by molar-refractivity contribution is 9.10. The maximum Gasteiger partial charge on any atom is 0.416 e. The number of hydrogen-bond donors (Lipinski definition) is 1. The lowest BCUT2D eigenvalue weighted by Crippen LogP contribution is -2.08. The monoisotopic (exact) mass is 361 g/mol. The molecule has 2 rings (SSSR count). The summed E-state index contributed by atoms with van der Waals surface area (Å²) in [5.74, 6) is 0.615. The predicted octanol–water partition coefficient (Wildman–Crippen LogP) is 3.88. The molecule has 8 heteroatoms. The van der Waals surface area contributed by atoms with Gasteiger partial charge in [0.15, 0.2) is 0 Å². The Bertz CT molecular complexity index is 634. The van der Waals surface area contributed by atoms with Gasteiger partial charge in [0.05, 0.1) is 23.3 Å². The summed E-state index contributed by atoms with van der Waals surface area (Å²) < 4.78 is 43.4. The van der Waals surface area contributed by atoms with E-state index in [-0.39, 0.29) is 12.5 Å². The summed E-state index contributed by atoms with van der Waals surface area (Å²) in [5, 5.41) is 2.85. The Labute approximate surface area is 127 Å². The molecule has 0 amide bonds. The molecule has 0 bridgehead atoms. The third kappa shape index (κ3) is 4.07. The highest BCUT2D eigenvalue weighted by Gasteiger charge is 2.30. The lowest BCUT2D eigenvalue weighted by molar-refractivity contribution is -0.137. The van der Waals surface area contributed by atoms with Crippen LogP contribution in [-0.2, 0) is 12.7 Å². The van der Waals surface area contributed by atoms with Crippen molar-refractivity contribution in [3.05, 3.63) is 46.1 Å². The second kappa shape index (κ2) is 6.30. The van der Waals surface area contributed by atoms with E-state index in [4.69, 9.17) is 4.74 Å². The Morgan fingerprint density at radius 3 is 2.76 bits per heavy atom. The van der Waals surface area contributed by atoms with Gasteiger partial charge >= 0.3 is 6.18 Å². The van der Waals surface area contributed by atoms with Gasteiger partial charge in [-0.3, -0.25) is 0 Å². The van der Waals surface area contributed by atoms with Crippen LogP contribution in [0.3, 0.4) is 0 Å². The predicted molar refractivity (Wildman–Crippen MR) is 75.1 cm³/mol. The Hall–Kier alpha value is -1.83. The molecule has 112 valence electrons. The number of alkyl halides is 3. The van der Waals surface area contributed by atoms with Crippen LogP contribution >= 0.6 is 15.9 Å². The minimum absolute atomic E-state index is 0.175. The first kappa shape index (κ1) is 15.6. The number of hydrogen-bond acceptors (Lipinski definition) is 4. The third-order valence-corrected chi connectivity index (χ3v) is 3.15. The summed E-state index contributed by atoms with van der Waals surface area (Å²) in [4.78, 5) is 8.07. The molecule has 0 aliphatic rings. The largest absolute Gasteiger partial charge is 0.480 e. The van der Waals surface area contributed by atoms with Gasteiger partial charge in [0, 0.05) is 6.54 Å². The van der Waals surface area contributed by atoms with Gasteiger partial charge in [-0.15, -0.1) is 0 Å². The summed E-state index contributed by atoms with van der Waals surface area (Å²) in [6.45, 7) is 0.175. The van der Waals surface area contributed by atoms with Crippen molar-refractivity contribution in [1.29, 1.82) is 0 Å². The minimum Gasteiger partial charge on any atom is -0.480 e. The molecule has 0 atom stereocenters. The fourth-order valence-corrected chi connectivity index (χ4v) is 1.97. The standard InChI is InChI=1S/C13H11BrF3N3O/c1-21-11-10(14)7-19-12(20-11)18-6-8-3-2-4-9(5-8)13(15,16)17/h2-5,7H,6H2,1H3,(H,18,19,20). The number of ether oxygens (including phenoxy) is 1. The van der Waals surface area contributed by atoms with Crippen molar-refractivity contribution in [2.45, 2.75) is 12.7 Å². The Kier molecular flexibility index (Phi) is 4.66. The van der Waals surface area contributed by atoms with Crippen LogP contribution in [0.5, 0.6) is 5.88 Å². The van der Waals surface area contributed by atoms with Gasteiger partial charge in [0.1, 0.15) is 0 Å². The number of halogens is 4. The van der Waals surface area contributed by atoms with Crippen molar-refractivity contribution in [3.8, 4) is 5.88 Å². The van der Waals surface area contributed by atoms with Gasteiger partial charge in [-0.2, -0.15) is 18.2 Å². The van der Waals surface area contributed by atoms with E-state index in [1.54, 1.807) is 6.07 Å². The maximum atomic E-state index is 12.6. The van der Waals surface area contributed by atoms with Crippen LogP contribution in [0.2, 0.25) is 0 Å². The number of nitrogens with one attached hydrogen (secondary N) is 1. The molecule has 1 N–H and O–H groups in total. The molecule has 21 heavy (non-hydrogen) atoms. The van der Waals surface area contributed by atoms with Gasteiger partial charge in [0.25, 0.3) is 0 Å². The number of benzene rings is 1. The molecule has 1 heterocycles. The van der Waals surface area contributed by atoms with Gasteiger partial charge in [0.2, 0.25) is 11.8 Å². The second-order valence-corrected chi connectivity index (χ2v) is 4.96. The van der Waals surface area contributed by atoms with E-state index in [1.165, 1.54) is 19.4 Å². The number of methoxy groups -OCH3 is 1. The lowest BCUT2D eigenvalue weighted by atomic mass is 10.1. The molecule has 0 fully saturated rings. The van der Waals surface area contributed by atoms with E-state index in [0.717, 1.165) is 12.1 Å². The fraction of sp³-hybridized carbons (Fsp3) is 0.231. The molecule has 1 aromatic carbocycles. The molecule has 1 aromatic heterocycles. The fourth-order valence-electron chi connectivity index (χ4n) is 1.62. The van der Waals surface area contributed by atoms with Gasteiger partial charge in [-0.25, -0.2) is 4.98 Å². The van der Waals surface area contributed by atoms with Crippen molar-refractivity contribution < 1.29 is 17.9 Å². The summed E-state index contributed by atoms with van der Waals surface area (Å²) in [7, 11) is 1.46. The van der Waals surface area contributed by atoms with Crippen LogP contribution < -0.4 is 10.1 Å². The first-order valence-corrected chi connectivity index (χ1v) is 6.66. The van der Waals surface area contributed by atoms with Crippen molar-refractivity contribution in [2.75, 3.05) is 12.4 Å². The van der Waals surface area contributed by atoms with Crippen LogP contribution in [0.25, 0.3) is 0 Å². The zero-order chi connectivity index (χ0) is 15.5. The molecular formula is C13H11BrF3N3O.